The molecule has 1 aromatic carbocycles. The summed E-state index contributed by atoms with van der Waals surface area (Å²) in [4.78, 5) is 14.9. The lowest BCUT2D eigenvalue weighted by molar-refractivity contribution is 0.0696. The van der Waals surface area contributed by atoms with Crippen LogP contribution in [0.25, 0.3) is 0 Å². The highest BCUT2D eigenvalue weighted by Crippen LogP contribution is 2.21. The van der Waals surface area contributed by atoms with Crippen molar-refractivity contribution >= 4 is 27.6 Å². The molecule has 0 aliphatic heterocycles. The van der Waals surface area contributed by atoms with Gasteiger partial charge < -0.3 is 14.9 Å². The molecule has 2 rings (SSSR count). The van der Waals surface area contributed by atoms with Gasteiger partial charge in [-0.1, -0.05) is 5.16 Å². The lowest BCUT2D eigenvalue weighted by Crippen LogP contribution is -2.06. The van der Waals surface area contributed by atoms with Crippen LogP contribution in [0.2, 0.25) is 0 Å². The highest BCUT2D eigenvalue weighted by atomic mass is 79.9. The highest BCUT2D eigenvalue weighted by molar-refractivity contribution is 9.10. The minimum atomic E-state index is -0.958. The van der Waals surface area contributed by atoms with Crippen LogP contribution in [0.15, 0.2) is 27.2 Å². The number of anilines is 1. The molecule has 1 aromatic heterocycles. The average Bonchev–Trinajstić information content (AvgIpc) is 2.75. The van der Waals surface area contributed by atoms with Crippen molar-refractivity contribution in [2.24, 2.45) is 0 Å². The Hall–Kier alpha value is -1.89. The first-order valence-corrected chi connectivity index (χ1v) is 6.41. The molecule has 2 aromatic rings. The van der Waals surface area contributed by atoms with Gasteiger partial charge in [-0.15, -0.1) is 0 Å². The van der Waals surface area contributed by atoms with Gasteiger partial charge >= 0.3 is 5.97 Å². The molecule has 0 aliphatic carbocycles. The number of nitrogens with zero attached hydrogens (tertiary/aromatic N) is 2. The summed E-state index contributed by atoms with van der Waals surface area (Å²) in [5.74, 6) is 0.232. The number of aromatic carboxylic acids is 1. The second-order valence-corrected chi connectivity index (χ2v) is 4.76. The van der Waals surface area contributed by atoms with Crippen LogP contribution in [0.5, 0.6) is 0 Å². The van der Waals surface area contributed by atoms with E-state index in [1.54, 1.807) is 25.1 Å². The molecule has 0 atom stereocenters. The normalized spacial score (nSPS) is 10.4. The van der Waals surface area contributed by atoms with Crippen LogP contribution >= 0.6 is 15.9 Å². The molecule has 6 nitrogen and oxygen atoms in total. The molecule has 100 valence electrons. The smallest absolute Gasteiger partial charge is 0.336 e. The maximum absolute atomic E-state index is 10.9. The fraction of sp³-hybridized carbons (Fsp3) is 0.250. The van der Waals surface area contributed by atoms with E-state index < -0.39 is 5.97 Å². The maximum Gasteiger partial charge on any atom is 0.336 e. The summed E-state index contributed by atoms with van der Waals surface area (Å²) in [6.45, 7) is 2.38. The van der Waals surface area contributed by atoms with Gasteiger partial charge in [0.25, 0.3) is 0 Å². The molecule has 0 amide bonds. The number of benzene rings is 1. The van der Waals surface area contributed by atoms with Crippen LogP contribution in [-0.4, -0.2) is 27.8 Å². The fourth-order valence-electron chi connectivity index (χ4n) is 1.56. The highest BCUT2D eigenvalue weighted by Gasteiger charge is 2.08. The number of hydrogen-bond donors (Lipinski definition) is 2. The molecule has 1 heterocycles. The number of carboxylic acid groups (broad SMARTS) is 1. The van der Waals surface area contributed by atoms with Crippen LogP contribution in [0.4, 0.5) is 5.69 Å². The Balaban J connectivity index is 1.93. The number of nitrogens with one attached hydrogen (secondary N) is 1. The molecule has 0 radical (unpaired) electrons. The van der Waals surface area contributed by atoms with Gasteiger partial charge in [0.05, 0.1) is 5.56 Å². The summed E-state index contributed by atoms with van der Waals surface area (Å²) in [5.41, 5.74) is 1.07. The van der Waals surface area contributed by atoms with E-state index in [0.717, 1.165) is 5.69 Å². The van der Waals surface area contributed by atoms with Crippen molar-refractivity contribution in [3.05, 3.63) is 40.0 Å². The van der Waals surface area contributed by atoms with E-state index in [0.29, 0.717) is 29.2 Å². The van der Waals surface area contributed by atoms with Gasteiger partial charge in [0, 0.05) is 30.0 Å². The Labute approximate surface area is 118 Å². The first-order chi connectivity index (χ1) is 9.06. The second-order valence-electron chi connectivity index (χ2n) is 3.91. The van der Waals surface area contributed by atoms with Crippen LogP contribution in [0.3, 0.4) is 0 Å². The molecule has 0 saturated heterocycles. The van der Waals surface area contributed by atoms with E-state index >= 15 is 0 Å². The van der Waals surface area contributed by atoms with Crippen LogP contribution < -0.4 is 5.32 Å². The lowest BCUT2D eigenvalue weighted by Gasteiger charge is -2.06. The zero-order chi connectivity index (χ0) is 13.8. The van der Waals surface area contributed by atoms with Gasteiger partial charge in [-0.25, -0.2) is 4.79 Å². The third-order valence-corrected chi connectivity index (χ3v) is 3.10. The van der Waals surface area contributed by atoms with Crippen LogP contribution in [-0.2, 0) is 6.42 Å². The standard InChI is InChI=1S/C12H12BrN3O3/c1-7-15-11(16-19-7)4-5-14-8-2-3-9(12(17)18)10(13)6-8/h2-3,6,14H,4-5H2,1H3,(H,17,18). The van der Waals surface area contributed by atoms with E-state index in [9.17, 15) is 4.79 Å². The van der Waals surface area contributed by atoms with Gasteiger partial charge in [0.2, 0.25) is 5.89 Å². The van der Waals surface area contributed by atoms with Crippen molar-refractivity contribution in [1.29, 1.82) is 0 Å². The van der Waals surface area contributed by atoms with Crippen molar-refractivity contribution in [2.75, 3.05) is 11.9 Å². The molecular formula is C12H12BrN3O3. The minimum Gasteiger partial charge on any atom is -0.478 e. The number of rotatable bonds is 5. The number of aryl methyl sites for hydroxylation is 1. The van der Waals surface area contributed by atoms with Gasteiger partial charge in [-0.2, -0.15) is 4.98 Å². The summed E-state index contributed by atoms with van der Waals surface area (Å²) in [6, 6.07) is 4.99. The Morgan fingerprint density at radius 2 is 2.32 bits per heavy atom. The molecule has 0 fully saturated rings. The van der Waals surface area contributed by atoms with E-state index in [1.807, 2.05) is 0 Å². The first-order valence-electron chi connectivity index (χ1n) is 5.62. The molecule has 0 spiro atoms. The second kappa shape index (κ2) is 5.83. The number of carboxylic acids is 1. The molecule has 2 N–H and O–H groups in total. The largest absolute Gasteiger partial charge is 0.478 e. The Morgan fingerprint density at radius 3 is 2.89 bits per heavy atom. The summed E-state index contributed by atoms with van der Waals surface area (Å²) in [5, 5.41) is 15.9. The zero-order valence-electron chi connectivity index (χ0n) is 10.2. The third-order valence-electron chi connectivity index (χ3n) is 2.45. The van der Waals surface area contributed by atoms with Gasteiger partial charge in [0.15, 0.2) is 5.82 Å². The molecule has 19 heavy (non-hydrogen) atoms. The van der Waals surface area contributed by atoms with Gasteiger partial charge in [-0.05, 0) is 34.1 Å². The Kier molecular flexibility index (Phi) is 4.16. The number of aromatic nitrogens is 2. The SMILES string of the molecule is Cc1nc(CCNc2ccc(C(=O)O)c(Br)c2)no1. The third kappa shape index (κ3) is 3.54. The molecule has 0 unspecified atom stereocenters. The predicted molar refractivity (Wildman–Crippen MR) is 72.3 cm³/mol. The molecule has 0 aliphatic rings. The minimum absolute atomic E-state index is 0.236. The number of halogens is 1. The van der Waals surface area contributed by atoms with Crippen LogP contribution in [0, 0.1) is 6.92 Å². The molecule has 7 heteroatoms. The van der Waals surface area contributed by atoms with Gasteiger partial charge in [-0.3, -0.25) is 0 Å². The predicted octanol–water partition coefficient (Wildman–Crippen LogP) is 2.49. The van der Waals surface area contributed by atoms with Gasteiger partial charge in [0.1, 0.15) is 0 Å². The first kappa shape index (κ1) is 13.5. The van der Waals surface area contributed by atoms with E-state index in [1.165, 1.54) is 0 Å². The zero-order valence-corrected chi connectivity index (χ0v) is 11.8. The number of carbonyl (C=O) groups is 1. The maximum atomic E-state index is 10.9. The summed E-state index contributed by atoms with van der Waals surface area (Å²) >= 11 is 3.23. The quantitative estimate of drug-likeness (QED) is 0.878. The Bertz CT molecular complexity index is 598. The Morgan fingerprint density at radius 1 is 1.53 bits per heavy atom. The van der Waals surface area contributed by atoms with Crippen molar-refractivity contribution in [2.45, 2.75) is 13.3 Å². The van der Waals surface area contributed by atoms with Crippen molar-refractivity contribution in [3.63, 3.8) is 0 Å². The van der Waals surface area contributed by atoms with E-state index in [4.69, 9.17) is 9.63 Å². The van der Waals surface area contributed by atoms with Crippen molar-refractivity contribution in [3.8, 4) is 0 Å². The summed E-state index contributed by atoms with van der Waals surface area (Å²) in [7, 11) is 0. The van der Waals surface area contributed by atoms with Crippen molar-refractivity contribution in [1.82, 2.24) is 10.1 Å². The van der Waals surface area contributed by atoms with E-state index in [-0.39, 0.29) is 5.56 Å². The summed E-state index contributed by atoms with van der Waals surface area (Å²) < 4.78 is 5.41. The van der Waals surface area contributed by atoms with E-state index in [2.05, 4.69) is 31.4 Å². The van der Waals surface area contributed by atoms with Crippen LogP contribution in [0.1, 0.15) is 22.1 Å². The van der Waals surface area contributed by atoms with Crippen molar-refractivity contribution < 1.29 is 14.4 Å². The molecular weight excluding hydrogens is 314 g/mol. The molecule has 0 saturated carbocycles. The lowest BCUT2D eigenvalue weighted by atomic mass is 10.2. The topological polar surface area (TPSA) is 88.2 Å². The fourth-order valence-corrected chi connectivity index (χ4v) is 2.11. The number of hydrogen-bond acceptors (Lipinski definition) is 5. The monoisotopic (exact) mass is 325 g/mol. The molecule has 0 bridgehead atoms. The average molecular weight is 326 g/mol. The summed E-state index contributed by atoms with van der Waals surface area (Å²) in [6.07, 6.45) is 0.635.